The van der Waals surface area contributed by atoms with E-state index in [1.807, 2.05) is 64.2 Å². The number of hydrogen-bond acceptors (Lipinski definition) is 2. The van der Waals surface area contributed by atoms with Crippen molar-refractivity contribution in [3.05, 3.63) is 90.0 Å². The number of rotatable bonds is 3. The maximum atomic E-state index is 13.1. The van der Waals surface area contributed by atoms with Crippen LogP contribution >= 0.6 is 0 Å². The van der Waals surface area contributed by atoms with Crippen LogP contribution in [0, 0.1) is 0 Å². The predicted octanol–water partition coefficient (Wildman–Crippen LogP) is 3.01. The molecule has 1 aliphatic heterocycles. The summed E-state index contributed by atoms with van der Waals surface area (Å²) in [7, 11) is 0. The van der Waals surface area contributed by atoms with Crippen molar-refractivity contribution in [2.24, 2.45) is 0 Å². The Hall–Kier alpha value is -2.88. The lowest BCUT2D eigenvalue weighted by atomic mass is 10.0. The number of benzene rings is 2. The molecule has 23 heavy (non-hydrogen) atoms. The van der Waals surface area contributed by atoms with E-state index in [4.69, 9.17) is 0 Å². The van der Waals surface area contributed by atoms with E-state index in [2.05, 4.69) is 17.1 Å². The summed E-state index contributed by atoms with van der Waals surface area (Å²) in [5.41, 5.74) is 3.20. The number of fused-ring (bicyclic) bond motifs is 1. The Kier molecular flexibility index (Phi) is 3.42. The van der Waals surface area contributed by atoms with Crippen LogP contribution in [0.1, 0.15) is 22.9 Å². The molecule has 1 aliphatic rings. The van der Waals surface area contributed by atoms with Crippen molar-refractivity contribution in [3.8, 4) is 0 Å². The van der Waals surface area contributed by atoms with Crippen molar-refractivity contribution in [2.45, 2.75) is 19.1 Å². The predicted molar refractivity (Wildman–Crippen MR) is 87.5 cm³/mol. The fourth-order valence-corrected chi connectivity index (χ4v) is 3.13. The first-order chi connectivity index (χ1) is 11.3. The van der Waals surface area contributed by atoms with Crippen LogP contribution in [0.25, 0.3) is 0 Å². The molecule has 4 rings (SSSR count). The van der Waals surface area contributed by atoms with Crippen LogP contribution < -0.4 is 0 Å². The van der Waals surface area contributed by atoms with E-state index in [1.54, 1.807) is 6.33 Å². The molecule has 3 aromatic rings. The molecule has 1 unspecified atom stereocenters. The summed E-state index contributed by atoms with van der Waals surface area (Å²) in [6.45, 7) is 1.21. The zero-order valence-electron chi connectivity index (χ0n) is 12.7. The maximum absolute atomic E-state index is 13.1. The molecule has 114 valence electrons. The van der Waals surface area contributed by atoms with Gasteiger partial charge in [-0.25, -0.2) is 4.98 Å². The van der Waals surface area contributed by atoms with Crippen LogP contribution in [0.4, 0.5) is 0 Å². The van der Waals surface area contributed by atoms with Crippen LogP contribution in [-0.2, 0) is 17.9 Å². The Morgan fingerprint density at radius 1 is 1.00 bits per heavy atom. The summed E-state index contributed by atoms with van der Waals surface area (Å²) in [5, 5.41) is 0. The fraction of sp³-hybridized carbons (Fsp3) is 0.158. The number of aromatic nitrogens is 2. The molecule has 0 aliphatic carbocycles. The Labute approximate surface area is 135 Å². The summed E-state index contributed by atoms with van der Waals surface area (Å²) in [5.74, 6) is 0.116. The standard InChI is InChI=1S/C19H17N3O/c23-19-18(16-9-5-2-6-10-16)22-14-20-11-17(22)13-21(19)12-15-7-3-1-4-8-15/h1-11,14,18H,12-13H2. The topological polar surface area (TPSA) is 38.1 Å². The monoisotopic (exact) mass is 303 g/mol. The highest BCUT2D eigenvalue weighted by Gasteiger charge is 2.33. The van der Waals surface area contributed by atoms with Crippen LogP contribution in [0.5, 0.6) is 0 Å². The molecule has 0 fully saturated rings. The summed E-state index contributed by atoms with van der Waals surface area (Å²) >= 11 is 0. The number of carbonyl (C=O) groups is 1. The van der Waals surface area contributed by atoms with Crippen molar-refractivity contribution in [2.75, 3.05) is 0 Å². The molecule has 4 heteroatoms. The first-order valence-corrected chi connectivity index (χ1v) is 7.71. The van der Waals surface area contributed by atoms with Crippen molar-refractivity contribution in [1.82, 2.24) is 14.5 Å². The van der Waals surface area contributed by atoms with Crippen molar-refractivity contribution in [3.63, 3.8) is 0 Å². The summed E-state index contributed by atoms with van der Waals surface area (Å²) in [6.07, 6.45) is 3.60. The molecule has 0 saturated carbocycles. The van der Waals surface area contributed by atoms with E-state index in [-0.39, 0.29) is 11.9 Å². The zero-order chi connectivity index (χ0) is 15.6. The van der Waals surface area contributed by atoms with Crippen molar-refractivity contribution in [1.29, 1.82) is 0 Å². The quantitative estimate of drug-likeness (QED) is 0.746. The Bertz CT molecular complexity index is 811. The number of amides is 1. The molecule has 0 saturated heterocycles. The van der Waals surface area contributed by atoms with Crippen molar-refractivity contribution < 1.29 is 4.79 Å². The van der Waals surface area contributed by atoms with Gasteiger partial charge in [0.1, 0.15) is 6.04 Å². The van der Waals surface area contributed by atoms with Gasteiger partial charge in [0.2, 0.25) is 0 Å². The fourth-order valence-electron chi connectivity index (χ4n) is 3.13. The lowest BCUT2D eigenvalue weighted by Gasteiger charge is -2.34. The first kappa shape index (κ1) is 13.8. The molecule has 0 spiro atoms. The molecule has 1 amide bonds. The van der Waals surface area contributed by atoms with Gasteiger partial charge in [-0.1, -0.05) is 60.7 Å². The summed E-state index contributed by atoms with van der Waals surface area (Å²) < 4.78 is 1.99. The average molecular weight is 303 g/mol. The minimum absolute atomic E-state index is 0.116. The number of imidazole rings is 1. The third-order valence-corrected chi connectivity index (χ3v) is 4.25. The van der Waals surface area contributed by atoms with Crippen LogP contribution in [0.2, 0.25) is 0 Å². The summed E-state index contributed by atoms with van der Waals surface area (Å²) in [6, 6.07) is 19.7. The lowest BCUT2D eigenvalue weighted by Crippen LogP contribution is -2.42. The summed E-state index contributed by atoms with van der Waals surface area (Å²) in [4.78, 5) is 19.2. The van der Waals surface area contributed by atoms with E-state index in [0.717, 1.165) is 16.8 Å². The van der Waals surface area contributed by atoms with Gasteiger partial charge in [-0.15, -0.1) is 0 Å². The molecule has 0 radical (unpaired) electrons. The van der Waals surface area contributed by atoms with Crippen LogP contribution in [0.3, 0.4) is 0 Å². The van der Waals surface area contributed by atoms with Gasteiger partial charge >= 0.3 is 0 Å². The number of carbonyl (C=O) groups excluding carboxylic acids is 1. The Morgan fingerprint density at radius 2 is 1.70 bits per heavy atom. The first-order valence-electron chi connectivity index (χ1n) is 7.71. The number of hydrogen-bond donors (Lipinski definition) is 0. The third kappa shape index (κ3) is 2.52. The van der Waals surface area contributed by atoms with Crippen LogP contribution in [0.15, 0.2) is 73.2 Å². The molecule has 1 aromatic heterocycles. The van der Waals surface area contributed by atoms with Gasteiger partial charge in [0.25, 0.3) is 5.91 Å². The van der Waals surface area contributed by atoms with Gasteiger partial charge in [0.05, 0.1) is 18.6 Å². The van der Waals surface area contributed by atoms with E-state index in [0.29, 0.717) is 13.1 Å². The molecule has 2 aromatic carbocycles. The van der Waals surface area contributed by atoms with Gasteiger partial charge in [-0.05, 0) is 11.1 Å². The molecule has 4 nitrogen and oxygen atoms in total. The van der Waals surface area contributed by atoms with Gasteiger partial charge < -0.3 is 9.47 Å². The lowest BCUT2D eigenvalue weighted by molar-refractivity contribution is -0.136. The molecule has 1 atom stereocenters. The largest absolute Gasteiger partial charge is 0.330 e. The minimum atomic E-state index is -0.328. The second kappa shape index (κ2) is 5.72. The van der Waals surface area contributed by atoms with E-state index >= 15 is 0 Å². The molecule has 0 bridgehead atoms. The molecular formula is C19H17N3O. The third-order valence-electron chi connectivity index (χ3n) is 4.25. The molecule has 2 heterocycles. The highest BCUT2D eigenvalue weighted by molar-refractivity contribution is 5.84. The minimum Gasteiger partial charge on any atom is -0.330 e. The van der Waals surface area contributed by atoms with E-state index in [1.165, 1.54) is 0 Å². The maximum Gasteiger partial charge on any atom is 0.250 e. The van der Waals surface area contributed by atoms with Crippen LogP contribution in [-0.4, -0.2) is 20.4 Å². The Morgan fingerprint density at radius 3 is 2.43 bits per heavy atom. The van der Waals surface area contributed by atoms with Gasteiger partial charge in [-0.3, -0.25) is 4.79 Å². The highest BCUT2D eigenvalue weighted by atomic mass is 16.2. The molecule has 0 N–H and O–H groups in total. The SMILES string of the molecule is O=C1C(c2ccccc2)n2cncc2CN1Cc1ccccc1. The molecular weight excluding hydrogens is 286 g/mol. The number of nitrogens with zero attached hydrogens (tertiary/aromatic N) is 3. The second-order valence-corrected chi connectivity index (χ2v) is 5.79. The smallest absolute Gasteiger partial charge is 0.250 e. The second-order valence-electron chi connectivity index (χ2n) is 5.79. The van der Waals surface area contributed by atoms with Gasteiger partial charge in [-0.2, -0.15) is 0 Å². The van der Waals surface area contributed by atoms with Gasteiger partial charge in [0, 0.05) is 12.7 Å². The van der Waals surface area contributed by atoms with E-state index < -0.39 is 0 Å². The average Bonchev–Trinajstić information content (AvgIpc) is 3.05. The zero-order valence-corrected chi connectivity index (χ0v) is 12.7. The van der Waals surface area contributed by atoms with Gasteiger partial charge in [0.15, 0.2) is 0 Å². The normalized spacial score (nSPS) is 17.1. The van der Waals surface area contributed by atoms with E-state index in [9.17, 15) is 4.79 Å². The Balaban J connectivity index is 1.71. The highest BCUT2D eigenvalue weighted by Crippen LogP contribution is 2.29. The van der Waals surface area contributed by atoms with Crippen molar-refractivity contribution >= 4 is 5.91 Å².